The van der Waals surface area contributed by atoms with Crippen molar-refractivity contribution in [3.8, 4) is 5.75 Å². The third-order valence-corrected chi connectivity index (χ3v) is 5.26. The SMILES string of the molecule is Cc1nccnc1C(=O)N[C@H](C(=O)N1CCC(Oc2ccc(F)cc2F)CC1)C(C)C. The van der Waals surface area contributed by atoms with E-state index in [9.17, 15) is 18.4 Å². The average molecular weight is 432 g/mol. The van der Waals surface area contributed by atoms with Gasteiger partial charge in [0.25, 0.3) is 5.91 Å². The Morgan fingerprint density at radius 3 is 2.45 bits per heavy atom. The van der Waals surface area contributed by atoms with Crippen LogP contribution in [-0.4, -0.2) is 51.9 Å². The number of halogens is 2. The highest BCUT2D eigenvalue weighted by atomic mass is 19.1. The fourth-order valence-electron chi connectivity index (χ4n) is 3.49. The van der Waals surface area contributed by atoms with Crippen molar-refractivity contribution in [3.05, 3.63) is 53.6 Å². The molecule has 1 aromatic heterocycles. The monoisotopic (exact) mass is 432 g/mol. The lowest BCUT2D eigenvalue weighted by Gasteiger charge is -2.35. The van der Waals surface area contributed by atoms with Crippen LogP contribution in [0, 0.1) is 24.5 Å². The van der Waals surface area contributed by atoms with Crippen LogP contribution in [0.25, 0.3) is 0 Å². The number of hydrogen-bond donors (Lipinski definition) is 1. The van der Waals surface area contributed by atoms with Crippen LogP contribution in [0.3, 0.4) is 0 Å². The van der Waals surface area contributed by atoms with E-state index in [1.165, 1.54) is 18.5 Å². The number of carbonyl (C=O) groups excluding carboxylic acids is 2. The molecule has 1 saturated heterocycles. The van der Waals surface area contributed by atoms with Crippen molar-refractivity contribution in [1.29, 1.82) is 0 Å². The van der Waals surface area contributed by atoms with E-state index in [1.54, 1.807) is 11.8 Å². The molecule has 9 heteroatoms. The molecule has 0 unspecified atom stereocenters. The molecule has 0 spiro atoms. The Kier molecular flexibility index (Phi) is 7.14. The summed E-state index contributed by atoms with van der Waals surface area (Å²) in [5.41, 5.74) is 0.676. The zero-order chi connectivity index (χ0) is 22.5. The molecule has 2 amide bonds. The first-order valence-electron chi connectivity index (χ1n) is 10.2. The predicted octanol–water partition coefficient (Wildman–Crippen LogP) is 2.89. The Balaban J connectivity index is 1.59. The second-order valence-corrected chi connectivity index (χ2v) is 7.90. The number of rotatable bonds is 6. The summed E-state index contributed by atoms with van der Waals surface area (Å²) in [4.78, 5) is 35.5. The second kappa shape index (κ2) is 9.80. The third-order valence-electron chi connectivity index (χ3n) is 5.26. The highest BCUT2D eigenvalue weighted by molar-refractivity contribution is 5.96. The van der Waals surface area contributed by atoms with Gasteiger partial charge in [0.2, 0.25) is 5.91 Å². The number of likely N-dealkylation sites (tertiary alicyclic amines) is 1. The van der Waals surface area contributed by atoms with E-state index in [-0.39, 0.29) is 29.4 Å². The van der Waals surface area contributed by atoms with Gasteiger partial charge in [-0.15, -0.1) is 0 Å². The summed E-state index contributed by atoms with van der Waals surface area (Å²) in [7, 11) is 0. The minimum Gasteiger partial charge on any atom is -0.487 e. The van der Waals surface area contributed by atoms with Crippen molar-refractivity contribution in [2.45, 2.75) is 45.8 Å². The summed E-state index contributed by atoms with van der Waals surface area (Å²) in [5.74, 6) is -2.17. The first kappa shape index (κ1) is 22.6. The van der Waals surface area contributed by atoms with Crippen LogP contribution in [0.4, 0.5) is 8.78 Å². The number of piperidine rings is 1. The quantitative estimate of drug-likeness (QED) is 0.759. The summed E-state index contributed by atoms with van der Waals surface area (Å²) in [6, 6.07) is 2.48. The maximum atomic E-state index is 13.8. The first-order valence-corrected chi connectivity index (χ1v) is 10.2. The van der Waals surface area contributed by atoms with Gasteiger partial charge in [-0.05, 0) is 25.0 Å². The molecule has 1 aliphatic rings. The van der Waals surface area contributed by atoms with Crippen molar-refractivity contribution in [2.75, 3.05) is 13.1 Å². The lowest BCUT2D eigenvalue weighted by molar-refractivity contribution is -0.136. The summed E-state index contributed by atoms with van der Waals surface area (Å²) < 4.78 is 32.5. The van der Waals surface area contributed by atoms with Crippen LogP contribution in [-0.2, 0) is 4.79 Å². The predicted molar refractivity (Wildman–Crippen MR) is 109 cm³/mol. The van der Waals surface area contributed by atoms with Gasteiger partial charge in [-0.3, -0.25) is 14.6 Å². The normalized spacial score (nSPS) is 15.6. The average Bonchev–Trinajstić information content (AvgIpc) is 2.74. The highest BCUT2D eigenvalue weighted by Crippen LogP contribution is 2.23. The van der Waals surface area contributed by atoms with Crippen LogP contribution in [0.1, 0.15) is 42.9 Å². The summed E-state index contributed by atoms with van der Waals surface area (Å²) >= 11 is 0. The number of benzene rings is 1. The molecule has 3 rings (SSSR count). The third kappa shape index (κ3) is 5.53. The molecule has 7 nitrogen and oxygen atoms in total. The Hall–Kier alpha value is -3.10. The van der Waals surface area contributed by atoms with Crippen LogP contribution in [0.2, 0.25) is 0 Å². The number of hydrogen-bond acceptors (Lipinski definition) is 5. The summed E-state index contributed by atoms with van der Waals surface area (Å²) in [5, 5.41) is 2.79. The van der Waals surface area contributed by atoms with Gasteiger partial charge in [0.1, 0.15) is 23.7 Å². The van der Waals surface area contributed by atoms with Crippen molar-refractivity contribution in [2.24, 2.45) is 5.92 Å². The standard InChI is InChI=1S/C22H26F2N4O3/c1-13(2)19(27-21(29)20-14(3)25-8-9-26-20)22(30)28-10-6-16(7-11-28)31-18-5-4-15(23)12-17(18)24/h4-5,8-9,12-13,16,19H,6-7,10-11H2,1-3H3,(H,27,29)/t19-/m0/s1. The lowest BCUT2D eigenvalue weighted by Crippen LogP contribution is -2.53. The van der Waals surface area contributed by atoms with Crippen molar-refractivity contribution in [3.63, 3.8) is 0 Å². The van der Waals surface area contributed by atoms with E-state index < -0.39 is 23.6 Å². The molecule has 31 heavy (non-hydrogen) atoms. The van der Waals surface area contributed by atoms with Crippen molar-refractivity contribution >= 4 is 11.8 Å². The van der Waals surface area contributed by atoms with Crippen molar-refractivity contribution in [1.82, 2.24) is 20.2 Å². The largest absolute Gasteiger partial charge is 0.487 e. The van der Waals surface area contributed by atoms with Gasteiger partial charge in [0.05, 0.1) is 5.69 Å². The zero-order valence-electron chi connectivity index (χ0n) is 17.8. The summed E-state index contributed by atoms with van der Waals surface area (Å²) in [6.45, 7) is 6.23. The first-order chi connectivity index (χ1) is 14.8. The van der Waals surface area contributed by atoms with Crippen LogP contribution in [0.5, 0.6) is 5.75 Å². The van der Waals surface area contributed by atoms with Crippen LogP contribution in [0.15, 0.2) is 30.6 Å². The molecule has 0 aliphatic carbocycles. The van der Waals surface area contributed by atoms with Gasteiger partial charge >= 0.3 is 0 Å². The Morgan fingerprint density at radius 1 is 1.16 bits per heavy atom. The van der Waals surface area contributed by atoms with Crippen LogP contribution < -0.4 is 10.1 Å². The second-order valence-electron chi connectivity index (χ2n) is 7.90. The van der Waals surface area contributed by atoms with Gasteiger partial charge in [-0.2, -0.15) is 0 Å². The van der Waals surface area contributed by atoms with Gasteiger partial charge < -0.3 is 15.0 Å². The van der Waals surface area contributed by atoms with Crippen LogP contribution >= 0.6 is 0 Å². The fourth-order valence-corrected chi connectivity index (χ4v) is 3.49. The van der Waals surface area contributed by atoms with Gasteiger partial charge in [-0.1, -0.05) is 13.8 Å². The number of amides is 2. The maximum absolute atomic E-state index is 13.8. The van der Waals surface area contributed by atoms with Gasteiger partial charge in [0, 0.05) is 44.4 Å². The summed E-state index contributed by atoms with van der Waals surface area (Å²) in [6.07, 6.45) is 3.66. The zero-order valence-corrected chi connectivity index (χ0v) is 17.8. The molecule has 0 bridgehead atoms. The maximum Gasteiger partial charge on any atom is 0.272 e. The molecule has 1 N–H and O–H groups in total. The molecule has 1 aromatic carbocycles. The van der Waals surface area contributed by atoms with E-state index in [4.69, 9.17) is 4.74 Å². The fraction of sp³-hybridized carbons (Fsp3) is 0.455. The number of nitrogens with zero attached hydrogens (tertiary/aromatic N) is 3. The molecule has 2 heterocycles. The lowest BCUT2D eigenvalue weighted by atomic mass is 10.00. The Bertz CT molecular complexity index is 946. The molecule has 1 atom stereocenters. The number of aryl methyl sites for hydroxylation is 1. The molecule has 1 fully saturated rings. The number of ether oxygens (including phenoxy) is 1. The number of nitrogens with one attached hydrogen (secondary N) is 1. The van der Waals surface area contributed by atoms with E-state index >= 15 is 0 Å². The van der Waals surface area contributed by atoms with E-state index in [0.29, 0.717) is 31.6 Å². The molecular formula is C22H26F2N4O3. The Morgan fingerprint density at radius 2 is 1.84 bits per heavy atom. The topological polar surface area (TPSA) is 84.4 Å². The van der Waals surface area contributed by atoms with E-state index in [2.05, 4.69) is 15.3 Å². The van der Waals surface area contributed by atoms with E-state index in [1.807, 2.05) is 13.8 Å². The van der Waals surface area contributed by atoms with Gasteiger partial charge in [0.15, 0.2) is 11.6 Å². The molecule has 1 aliphatic heterocycles. The molecule has 166 valence electrons. The van der Waals surface area contributed by atoms with Gasteiger partial charge in [-0.25, -0.2) is 13.8 Å². The minimum atomic E-state index is -0.750. The molecule has 2 aromatic rings. The van der Waals surface area contributed by atoms with Crippen molar-refractivity contribution < 1.29 is 23.1 Å². The van der Waals surface area contributed by atoms with E-state index in [0.717, 1.165) is 12.1 Å². The smallest absolute Gasteiger partial charge is 0.272 e. The minimum absolute atomic E-state index is 0.00200. The molecule has 0 radical (unpaired) electrons. The number of aromatic nitrogens is 2. The number of carbonyl (C=O) groups is 2. The Labute approximate surface area is 179 Å². The highest BCUT2D eigenvalue weighted by Gasteiger charge is 2.32. The molecule has 0 saturated carbocycles. The molecular weight excluding hydrogens is 406 g/mol.